The van der Waals surface area contributed by atoms with Crippen molar-refractivity contribution in [3.8, 4) is 5.69 Å². The second-order valence-corrected chi connectivity index (χ2v) is 7.61. The topological polar surface area (TPSA) is 73.0 Å². The highest BCUT2D eigenvalue weighted by Crippen LogP contribution is 2.41. The highest BCUT2D eigenvalue weighted by atomic mass is 19.4. The standard InChI is InChI=1S/C22H17F3N4O2/c1-12-2-7-15(8-3-12)29-19(22(23,24)25)16(11-26-29)20(30)27-14-6-9-18-17(10-14)28-21(31-18)13-4-5-13/h2-3,6-11,13H,4-5H2,1H3,(H,27,30). The molecular weight excluding hydrogens is 409 g/mol. The Morgan fingerprint density at radius 1 is 1.16 bits per heavy atom. The number of fused-ring (bicyclic) bond motifs is 1. The number of benzene rings is 2. The quantitative estimate of drug-likeness (QED) is 0.470. The first kappa shape index (κ1) is 19.3. The molecule has 0 spiro atoms. The normalized spacial score (nSPS) is 14.2. The molecule has 1 aliphatic carbocycles. The Bertz CT molecular complexity index is 1280. The van der Waals surface area contributed by atoms with Crippen molar-refractivity contribution in [1.82, 2.24) is 14.8 Å². The number of carbonyl (C=O) groups is 1. The molecular formula is C22H17F3N4O2. The zero-order valence-electron chi connectivity index (χ0n) is 16.4. The van der Waals surface area contributed by atoms with Gasteiger partial charge in [-0.1, -0.05) is 17.7 Å². The molecule has 158 valence electrons. The predicted octanol–water partition coefficient (Wildman–Crippen LogP) is 5.47. The number of aryl methyl sites for hydroxylation is 1. The van der Waals surface area contributed by atoms with Gasteiger partial charge in [-0.05, 0) is 50.1 Å². The van der Waals surface area contributed by atoms with Crippen LogP contribution in [0, 0.1) is 6.92 Å². The largest absolute Gasteiger partial charge is 0.440 e. The molecule has 1 aliphatic rings. The van der Waals surface area contributed by atoms with E-state index in [1.165, 1.54) is 12.1 Å². The van der Waals surface area contributed by atoms with Gasteiger partial charge >= 0.3 is 6.18 Å². The number of hydrogen-bond acceptors (Lipinski definition) is 4. The number of alkyl halides is 3. The number of nitrogens with one attached hydrogen (secondary N) is 1. The number of hydrogen-bond donors (Lipinski definition) is 1. The maximum Gasteiger partial charge on any atom is 0.434 e. The van der Waals surface area contributed by atoms with Crippen LogP contribution in [-0.2, 0) is 6.18 Å². The third-order valence-electron chi connectivity index (χ3n) is 5.15. The lowest BCUT2D eigenvalue weighted by Gasteiger charge is -2.13. The van der Waals surface area contributed by atoms with Gasteiger partial charge in [0.1, 0.15) is 5.52 Å². The van der Waals surface area contributed by atoms with E-state index >= 15 is 0 Å². The van der Waals surface area contributed by atoms with Crippen molar-refractivity contribution >= 4 is 22.7 Å². The summed E-state index contributed by atoms with van der Waals surface area (Å²) in [4.78, 5) is 17.1. The van der Waals surface area contributed by atoms with E-state index in [9.17, 15) is 18.0 Å². The van der Waals surface area contributed by atoms with Crippen LogP contribution in [0.4, 0.5) is 18.9 Å². The van der Waals surface area contributed by atoms with Gasteiger partial charge in [-0.2, -0.15) is 18.3 Å². The van der Waals surface area contributed by atoms with E-state index in [-0.39, 0.29) is 5.69 Å². The fraction of sp³-hybridized carbons (Fsp3) is 0.227. The van der Waals surface area contributed by atoms with Gasteiger partial charge in [0.25, 0.3) is 5.91 Å². The minimum Gasteiger partial charge on any atom is -0.440 e. The van der Waals surface area contributed by atoms with E-state index in [0.717, 1.165) is 29.3 Å². The number of rotatable bonds is 4. The Morgan fingerprint density at radius 2 is 1.90 bits per heavy atom. The molecule has 0 aliphatic heterocycles. The molecule has 0 saturated heterocycles. The molecule has 31 heavy (non-hydrogen) atoms. The maximum absolute atomic E-state index is 13.8. The Balaban J connectivity index is 1.47. The third-order valence-corrected chi connectivity index (χ3v) is 5.15. The van der Waals surface area contributed by atoms with E-state index in [0.29, 0.717) is 28.6 Å². The van der Waals surface area contributed by atoms with Crippen LogP contribution in [0.1, 0.15) is 46.3 Å². The zero-order chi connectivity index (χ0) is 21.8. The zero-order valence-corrected chi connectivity index (χ0v) is 16.4. The number of halogens is 3. The van der Waals surface area contributed by atoms with Crippen LogP contribution < -0.4 is 5.32 Å². The van der Waals surface area contributed by atoms with E-state index < -0.39 is 23.3 Å². The van der Waals surface area contributed by atoms with Crippen LogP contribution in [-0.4, -0.2) is 20.7 Å². The number of carbonyl (C=O) groups excluding carboxylic acids is 1. The van der Waals surface area contributed by atoms with E-state index in [2.05, 4.69) is 15.4 Å². The summed E-state index contributed by atoms with van der Waals surface area (Å²) < 4.78 is 47.9. The molecule has 0 unspecified atom stereocenters. The molecule has 5 rings (SSSR count). The molecule has 0 atom stereocenters. The summed E-state index contributed by atoms with van der Waals surface area (Å²) in [6.45, 7) is 1.83. The molecule has 1 saturated carbocycles. The SMILES string of the molecule is Cc1ccc(-n2ncc(C(=O)Nc3ccc4oc(C5CC5)nc4c3)c2C(F)(F)F)cc1. The van der Waals surface area contributed by atoms with Crippen molar-refractivity contribution in [3.63, 3.8) is 0 Å². The molecule has 0 bridgehead atoms. The van der Waals surface area contributed by atoms with Crippen LogP contribution in [0.25, 0.3) is 16.8 Å². The van der Waals surface area contributed by atoms with Crippen molar-refractivity contribution in [2.24, 2.45) is 0 Å². The van der Waals surface area contributed by atoms with Crippen LogP contribution in [0.3, 0.4) is 0 Å². The summed E-state index contributed by atoms with van der Waals surface area (Å²) >= 11 is 0. The van der Waals surface area contributed by atoms with Crippen LogP contribution in [0.15, 0.2) is 53.1 Å². The minimum atomic E-state index is -4.77. The Morgan fingerprint density at radius 3 is 2.58 bits per heavy atom. The van der Waals surface area contributed by atoms with Crippen LogP contribution in [0.2, 0.25) is 0 Å². The lowest BCUT2D eigenvalue weighted by Crippen LogP contribution is -2.20. The fourth-order valence-electron chi connectivity index (χ4n) is 3.40. The second kappa shape index (κ2) is 6.97. The lowest BCUT2D eigenvalue weighted by molar-refractivity contribution is -0.143. The average Bonchev–Trinajstić information content (AvgIpc) is 3.31. The summed E-state index contributed by atoms with van der Waals surface area (Å²) in [6, 6.07) is 11.2. The van der Waals surface area contributed by atoms with Crippen molar-refractivity contribution < 1.29 is 22.4 Å². The Kier molecular flexibility index (Phi) is 4.35. The Hall–Kier alpha value is -3.62. The van der Waals surface area contributed by atoms with Gasteiger partial charge in [-0.3, -0.25) is 4.79 Å². The summed E-state index contributed by atoms with van der Waals surface area (Å²) in [6.07, 6.45) is -1.79. The first-order valence-electron chi connectivity index (χ1n) is 9.74. The fourth-order valence-corrected chi connectivity index (χ4v) is 3.40. The first-order valence-corrected chi connectivity index (χ1v) is 9.74. The van der Waals surface area contributed by atoms with Gasteiger partial charge in [-0.15, -0.1) is 0 Å². The number of anilines is 1. The maximum atomic E-state index is 13.8. The number of aromatic nitrogens is 3. The molecule has 0 radical (unpaired) electrons. The Labute approximate surface area is 174 Å². The van der Waals surface area contributed by atoms with Crippen molar-refractivity contribution in [1.29, 1.82) is 0 Å². The van der Waals surface area contributed by atoms with Crippen molar-refractivity contribution in [2.45, 2.75) is 31.9 Å². The van der Waals surface area contributed by atoms with Crippen LogP contribution in [0.5, 0.6) is 0 Å². The summed E-state index contributed by atoms with van der Waals surface area (Å²) in [5.41, 5.74) is 0.863. The molecule has 1 N–H and O–H groups in total. The van der Waals surface area contributed by atoms with Gasteiger partial charge in [0.2, 0.25) is 0 Å². The monoisotopic (exact) mass is 426 g/mol. The van der Waals surface area contributed by atoms with Gasteiger partial charge in [-0.25, -0.2) is 9.67 Å². The highest BCUT2D eigenvalue weighted by Gasteiger charge is 2.40. The molecule has 2 aromatic carbocycles. The van der Waals surface area contributed by atoms with Gasteiger partial charge in [0.05, 0.1) is 17.4 Å². The van der Waals surface area contributed by atoms with Crippen molar-refractivity contribution in [2.75, 3.05) is 5.32 Å². The molecule has 6 nitrogen and oxygen atoms in total. The lowest BCUT2D eigenvalue weighted by atomic mass is 10.2. The summed E-state index contributed by atoms with van der Waals surface area (Å²) in [5.74, 6) is 0.0700. The third kappa shape index (κ3) is 3.67. The first-order chi connectivity index (χ1) is 14.8. The minimum absolute atomic E-state index is 0.216. The van der Waals surface area contributed by atoms with E-state index in [1.807, 2.05) is 6.92 Å². The predicted molar refractivity (Wildman–Crippen MR) is 107 cm³/mol. The number of oxazole rings is 1. The van der Waals surface area contributed by atoms with Crippen molar-refractivity contribution in [3.05, 3.63) is 71.4 Å². The summed E-state index contributed by atoms with van der Waals surface area (Å²) in [7, 11) is 0. The van der Waals surface area contributed by atoms with Crippen LogP contribution >= 0.6 is 0 Å². The van der Waals surface area contributed by atoms with Gasteiger partial charge < -0.3 is 9.73 Å². The van der Waals surface area contributed by atoms with E-state index in [1.54, 1.807) is 30.3 Å². The molecule has 4 aromatic rings. The highest BCUT2D eigenvalue weighted by molar-refractivity contribution is 6.05. The molecule has 9 heteroatoms. The van der Waals surface area contributed by atoms with Gasteiger partial charge in [0, 0.05) is 11.6 Å². The average molecular weight is 426 g/mol. The second-order valence-electron chi connectivity index (χ2n) is 7.61. The number of amides is 1. The molecule has 2 heterocycles. The van der Waals surface area contributed by atoms with E-state index in [4.69, 9.17) is 4.42 Å². The molecule has 2 aromatic heterocycles. The molecule has 1 fully saturated rings. The number of nitrogens with zero attached hydrogens (tertiary/aromatic N) is 3. The smallest absolute Gasteiger partial charge is 0.434 e. The van der Waals surface area contributed by atoms with Gasteiger partial charge in [0.15, 0.2) is 17.2 Å². The summed E-state index contributed by atoms with van der Waals surface area (Å²) in [5, 5.41) is 6.35. The molecule has 1 amide bonds.